The van der Waals surface area contributed by atoms with Gasteiger partial charge in [0.2, 0.25) is 11.9 Å². The fourth-order valence-corrected chi connectivity index (χ4v) is 1.37. The summed E-state index contributed by atoms with van der Waals surface area (Å²) in [5, 5.41) is 5.90. The van der Waals surface area contributed by atoms with Crippen molar-refractivity contribution in [2.75, 3.05) is 26.8 Å². The molecule has 1 rings (SSSR count). The smallest absolute Gasteiger partial charge is 0.221 e. The van der Waals surface area contributed by atoms with Crippen molar-refractivity contribution in [2.45, 2.75) is 31.7 Å². The van der Waals surface area contributed by atoms with Gasteiger partial charge in [-0.25, -0.2) is 5.84 Å². The van der Waals surface area contributed by atoms with Gasteiger partial charge in [-0.05, 0) is 19.3 Å². The van der Waals surface area contributed by atoms with Crippen LogP contribution in [0.25, 0.3) is 0 Å². The number of amides is 1. The molecule has 0 atom stereocenters. The van der Waals surface area contributed by atoms with Gasteiger partial charge in [-0.3, -0.25) is 15.2 Å². The first-order chi connectivity index (χ1) is 8.76. The molecule has 0 heterocycles. The Kier molecular flexibility index (Phi) is 7.12. The third-order valence-electron chi connectivity index (χ3n) is 2.50. The molecule has 104 valence electrons. The van der Waals surface area contributed by atoms with E-state index in [9.17, 15) is 4.79 Å². The number of hydrogen-bond donors (Lipinski definition) is 4. The Labute approximate surface area is 108 Å². The van der Waals surface area contributed by atoms with E-state index in [1.165, 1.54) is 0 Å². The maximum atomic E-state index is 11.4. The normalized spacial score (nSPS) is 15.3. The van der Waals surface area contributed by atoms with Crippen LogP contribution in [0.5, 0.6) is 0 Å². The van der Waals surface area contributed by atoms with Crippen molar-refractivity contribution < 1.29 is 9.53 Å². The summed E-state index contributed by atoms with van der Waals surface area (Å²) < 4.78 is 4.92. The van der Waals surface area contributed by atoms with Gasteiger partial charge in [0, 0.05) is 39.3 Å². The van der Waals surface area contributed by atoms with Gasteiger partial charge < -0.3 is 15.4 Å². The average Bonchev–Trinajstić information content (AvgIpc) is 3.16. The summed E-state index contributed by atoms with van der Waals surface area (Å²) in [5.74, 6) is 5.90. The van der Waals surface area contributed by atoms with Gasteiger partial charge in [0.05, 0.1) is 0 Å². The zero-order chi connectivity index (χ0) is 13.2. The summed E-state index contributed by atoms with van der Waals surface area (Å²) in [6.45, 7) is 1.83. The number of methoxy groups -OCH3 is 1. The van der Waals surface area contributed by atoms with E-state index >= 15 is 0 Å². The second kappa shape index (κ2) is 8.71. The molecule has 0 aromatic heterocycles. The highest BCUT2D eigenvalue weighted by molar-refractivity contribution is 5.81. The van der Waals surface area contributed by atoms with Crippen molar-refractivity contribution in [1.82, 2.24) is 16.1 Å². The van der Waals surface area contributed by atoms with E-state index in [2.05, 4.69) is 21.1 Å². The van der Waals surface area contributed by atoms with E-state index in [1.54, 1.807) is 7.11 Å². The molecule has 1 saturated carbocycles. The first-order valence-corrected chi connectivity index (χ1v) is 6.29. The van der Waals surface area contributed by atoms with Crippen molar-refractivity contribution >= 4 is 11.9 Å². The molecule has 7 heteroatoms. The van der Waals surface area contributed by atoms with Gasteiger partial charge in [-0.15, -0.1) is 0 Å². The lowest BCUT2D eigenvalue weighted by Gasteiger charge is -2.09. The molecule has 1 aliphatic carbocycles. The zero-order valence-corrected chi connectivity index (χ0v) is 10.9. The number of hydrazine groups is 1. The highest BCUT2D eigenvalue weighted by Gasteiger charge is 2.22. The van der Waals surface area contributed by atoms with Crippen LogP contribution in [0, 0.1) is 0 Å². The molecule has 7 nitrogen and oxygen atoms in total. The molecule has 0 aromatic rings. The Bertz CT molecular complexity index is 279. The fourth-order valence-electron chi connectivity index (χ4n) is 1.37. The van der Waals surface area contributed by atoms with Crippen molar-refractivity contribution in [3.05, 3.63) is 0 Å². The Morgan fingerprint density at radius 1 is 1.50 bits per heavy atom. The van der Waals surface area contributed by atoms with E-state index in [0.29, 0.717) is 38.1 Å². The molecule has 0 saturated heterocycles. The Morgan fingerprint density at radius 3 is 2.89 bits per heavy atom. The summed E-state index contributed by atoms with van der Waals surface area (Å²) in [4.78, 5) is 15.6. The van der Waals surface area contributed by atoms with E-state index in [4.69, 9.17) is 10.6 Å². The first kappa shape index (κ1) is 14.7. The van der Waals surface area contributed by atoms with Gasteiger partial charge in [-0.2, -0.15) is 0 Å². The highest BCUT2D eigenvalue weighted by Crippen LogP contribution is 2.18. The molecular weight excluding hydrogens is 234 g/mol. The minimum absolute atomic E-state index is 0.0701. The summed E-state index contributed by atoms with van der Waals surface area (Å²) >= 11 is 0. The number of hydrogen-bond acceptors (Lipinski definition) is 4. The second-order valence-electron chi connectivity index (χ2n) is 4.24. The number of nitrogens with two attached hydrogens (primary N) is 1. The zero-order valence-electron chi connectivity index (χ0n) is 10.9. The van der Waals surface area contributed by atoms with Crippen LogP contribution in [-0.2, 0) is 9.53 Å². The van der Waals surface area contributed by atoms with Crippen LogP contribution in [0.2, 0.25) is 0 Å². The monoisotopic (exact) mass is 257 g/mol. The van der Waals surface area contributed by atoms with Crippen molar-refractivity contribution in [3.63, 3.8) is 0 Å². The number of guanidine groups is 1. The molecule has 1 fully saturated rings. The molecule has 5 N–H and O–H groups in total. The standard InChI is InChI=1S/C11H23N5O2/c1-18-8-2-6-13-11(16-12)14-7-5-10(17)15-9-3-4-9/h9H,2-8,12H2,1H3,(H,15,17)(H2,13,14,16). The molecule has 0 bridgehead atoms. The highest BCUT2D eigenvalue weighted by atomic mass is 16.5. The summed E-state index contributed by atoms with van der Waals surface area (Å²) in [7, 11) is 1.66. The second-order valence-corrected chi connectivity index (χ2v) is 4.24. The molecule has 0 aromatic carbocycles. The van der Waals surface area contributed by atoms with Gasteiger partial charge in [0.1, 0.15) is 0 Å². The SMILES string of the molecule is COCCCN=C(NN)NCCC(=O)NC1CC1. The van der Waals surface area contributed by atoms with E-state index in [-0.39, 0.29) is 5.91 Å². The lowest BCUT2D eigenvalue weighted by atomic mass is 10.4. The van der Waals surface area contributed by atoms with Crippen molar-refractivity contribution in [2.24, 2.45) is 10.8 Å². The van der Waals surface area contributed by atoms with E-state index in [0.717, 1.165) is 19.3 Å². The molecule has 0 radical (unpaired) electrons. The maximum absolute atomic E-state index is 11.4. The molecular formula is C11H23N5O2. The van der Waals surface area contributed by atoms with Crippen molar-refractivity contribution in [3.8, 4) is 0 Å². The summed E-state index contributed by atoms with van der Waals surface area (Å²) in [5.41, 5.74) is 2.47. The van der Waals surface area contributed by atoms with Crippen LogP contribution < -0.4 is 21.9 Å². The molecule has 0 unspecified atom stereocenters. The number of carbonyl (C=O) groups excluding carboxylic acids is 1. The summed E-state index contributed by atoms with van der Waals surface area (Å²) in [6.07, 6.45) is 3.48. The van der Waals surface area contributed by atoms with E-state index in [1.807, 2.05) is 0 Å². The van der Waals surface area contributed by atoms with Crippen LogP contribution in [0.1, 0.15) is 25.7 Å². The number of carbonyl (C=O) groups is 1. The fraction of sp³-hybridized carbons (Fsp3) is 0.818. The average molecular weight is 257 g/mol. The van der Waals surface area contributed by atoms with Crippen LogP contribution in [0.4, 0.5) is 0 Å². The molecule has 18 heavy (non-hydrogen) atoms. The van der Waals surface area contributed by atoms with Gasteiger partial charge in [0.25, 0.3) is 0 Å². The minimum Gasteiger partial charge on any atom is -0.385 e. The van der Waals surface area contributed by atoms with Crippen LogP contribution in [0.3, 0.4) is 0 Å². The predicted molar refractivity (Wildman–Crippen MR) is 69.9 cm³/mol. The lowest BCUT2D eigenvalue weighted by Crippen LogP contribution is -2.43. The number of ether oxygens (including phenoxy) is 1. The molecule has 1 amide bonds. The third kappa shape index (κ3) is 7.08. The maximum Gasteiger partial charge on any atom is 0.221 e. The number of nitrogens with zero attached hydrogens (tertiary/aromatic N) is 1. The Hall–Kier alpha value is -1.34. The van der Waals surface area contributed by atoms with Gasteiger partial charge in [0.15, 0.2) is 0 Å². The summed E-state index contributed by atoms with van der Waals surface area (Å²) in [6, 6.07) is 0.410. The topological polar surface area (TPSA) is 101 Å². The van der Waals surface area contributed by atoms with Crippen LogP contribution in [0.15, 0.2) is 4.99 Å². The molecule has 0 aliphatic heterocycles. The quantitative estimate of drug-likeness (QED) is 0.148. The van der Waals surface area contributed by atoms with E-state index < -0.39 is 0 Å². The number of rotatable bonds is 8. The third-order valence-corrected chi connectivity index (χ3v) is 2.50. The number of nitrogens with one attached hydrogen (secondary N) is 3. The predicted octanol–water partition coefficient (Wildman–Crippen LogP) is -0.899. The first-order valence-electron chi connectivity index (χ1n) is 6.29. The Balaban J connectivity index is 2.07. The largest absolute Gasteiger partial charge is 0.385 e. The Morgan fingerprint density at radius 2 is 2.28 bits per heavy atom. The van der Waals surface area contributed by atoms with Gasteiger partial charge >= 0.3 is 0 Å². The lowest BCUT2D eigenvalue weighted by molar-refractivity contribution is -0.121. The van der Waals surface area contributed by atoms with Crippen molar-refractivity contribution in [1.29, 1.82) is 0 Å². The van der Waals surface area contributed by atoms with Gasteiger partial charge in [-0.1, -0.05) is 0 Å². The number of aliphatic imine (C=N–C) groups is 1. The van der Waals surface area contributed by atoms with Crippen LogP contribution in [-0.4, -0.2) is 44.7 Å². The minimum atomic E-state index is 0.0701. The van der Waals surface area contributed by atoms with Crippen LogP contribution >= 0.6 is 0 Å². The molecule has 1 aliphatic rings. The molecule has 0 spiro atoms.